The Balaban J connectivity index is 1.61. The second kappa shape index (κ2) is 9.07. The van der Waals surface area contributed by atoms with Gasteiger partial charge >= 0.3 is 6.03 Å². The Kier molecular flexibility index (Phi) is 6.73. The molecule has 1 heterocycles. The predicted molar refractivity (Wildman–Crippen MR) is 87.4 cm³/mol. The summed E-state index contributed by atoms with van der Waals surface area (Å²) in [5, 5.41) is 9.55. The van der Waals surface area contributed by atoms with Crippen LogP contribution in [0.4, 0.5) is 4.79 Å². The molecule has 22 heavy (non-hydrogen) atoms. The van der Waals surface area contributed by atoms with Gasteiger partial charge in [0.15, 0.2) is 0 Å². The summed E-state index contributed by atoms with van der Waals surface area (Å²) < 4.78 is 10.9. The van der Waals surface area contributed by atoms with E-state index in [1.54, 1.807) is 18.4 Å². The molecule has 0 spiro atoms. The first kappa shape index (κ1) is 16.3. The molecule has 0 saturated heterocycles. The van der Waals surface area contributed by atoms with Gasteiger partial charge in [0.2, 0.25) is 0 Å². The maximum atomic E-state index is 11.7. The van der Waals surface area contributed by atoms with Crippen LogP contribution in [-0.4, -0.2) is 32.8 Å². The van der Waals surface area contributed by atoms with Crippen LogP contribution in [-0.2, 0) is 4.74 Å². The number of amides is 2. The van der Waals surface area contributed by atoms with Crippen LogP contribution in [0.2, 0.25) is 0 Å². The van der Waals surface area contributed by atoms with Crippen LogP contribution in [0.25, 0.3) is 0 Å². The fourth-order valence-electron chi connectivity index (χ4n) is 1.89. The maximum absolute atomic E-state index is 11.7. The number of rotatable bonds is 8. The topological polar surface area (TPSA) is 59.6 Å². The average Bonchev–Trinajstić information content (AvgIpc) is 3.07. The first-order chi connectivity index (χ1) is 10.8. The van der Waals surface area contributed by atoms with E-state index in [2.05, 4.69) is 10.6 Å². The van der Waals surface area contributed by atoms with Gasteiger partial charge in [-0.25, -0.2) is 4.79 Å². The van der Waals surface area contributed by atoms with Crippen molar-refractivity contribution in [3.05, 3.63) is 52.7 Å². The van der Waals surface area contributed by atoms with E-state index in [4.69, 9.17) is 9.47 Å². The van der Waals surface area contributed by atoms with Crippen molar-refractivity contribution in [3.8, 4) is 5.75 Å². The van der Waals surface area contributed by atoms with Gasteiger partial charge in [-0.1, -0.05) is 18.2 Å². The van der Waals surface area contributed by atoms with Gasteiger partial charge in [0.1, 0.15) is 18.5 Å². The standard InChI is InChI=1S/C16H20N2O3S/c1-20-15(13-7-10-22-12-13)11-18-16(19)17-8-9-21-14-5-3-2-4-6-14/h2-7,10,12,15H,8-9,11H2,1H3,(H2,17,18,19). The molecule has 0 fully saturated rings. The molecule has 0 radical (unpaired) electrons. The number of urea groups is 1. The number of ether oxygens (including phenoxy) is 2. The highest BCUT2D eigenvalue weighted by atomic mass is 32.1. The minimum absolute atomic E-state index is 0.127. The molecule has 2 amide bonds. The number of thiophene rings is 1. The second-order valence-electron chi connectivity index (χ2n) is 4.58. The third kappa shape index (κ3) is 5.38. The van der Waals surface area contributed by atoms with Crippen molar-refractivity contribution in [1.82, 2.24) is 10.6 Å². The Labute approximate surface area is 134 Å². The zero-order chi connectivity index (χ0) is 15.6. The molecule has 5 nitrogen and oxygen atoms in total. The van der Waals surface area contributed by atoms with Gasteiger partial charge in [-0.2, -0.15) is 11.3 Å². The number of hydrogen-bond acceptors (Lipinski definition) is 4. The van der Waals surface area contributed by atoms with Crippen LogP contribution < -0.4 is 15.4 Å². The molecule has 118 valence electrons. The minimum atomic E-state index is -0.228. The SMILES string of the molecule is COC(CNC(=O)NCCOc1ccccc1)c1ccsc1. The van der Waals surface area contributed by atoms with Crippen LogP contribution in [0.3, 0.4) is 0 Å². The Morgan fingerprint density at radius 1 is 1.23 bits per heavy atom. The lowest BCUT2D eigenvalue weighted by atomic mass is 10.2. The number of carbonyl (C=O) groups is 1. The quantitative estimate of drug-likeness (QED) is 0.735. The predicted octanol–water partition coefficient (Wildman–Crippen LogP) is 2.81. The highest BCUT2D eigenvalue weighted by Gasteiger charge is 2.12. The molecule has 0 bridgehead atoms. The summed E-state index contributed by atoms with van der Waals surface area (Å²) >= 11 is 1.61. The van der Waals surface area contributed by atoms with Crippen LogP contribution in [0, 0.1) is 0 Å². The van der Waals surface area contributed by atoms with E-state index in [1.807, 2.05) is 47.2 Å². The van der Waals surface area contributed by atoms with E-state index < -0.39 is 0 Å². The van der Waals surface area contributed by atoms with E-state index in [9.17, 15) is 4.79 Å². The Morgan fingerprint density at radius 2 is 2.05 bits per heavy atom. The molecule has 6 heteroatoms. The lowest BCUT2D eigenvalue weighted by Gasteiger charge is -2.15. The summed E-state index contributed by atoms with van der Waals surface area (Å²) in [6, 6.07) is 11.3. The number of benzene rings is 1. The zero-order valence-electron chi connectivity index (χ0n) is 12.5. The smallest absolute Gasteiger partial charge is 0.315 e. The first-order valence-electron chi connectivity index (χ1n) is 7.04. The fraction of sp³-hybridized carbons (Fsp3) is 0.312. The highest BCUT2D eigenvalue weighted by Crippen LogP contribution is 2.18. The summed E-state index contributed by atoms with van der Waals surface area (Å²) in [5.41, 5.74) is 1.07. The molecular formula is C16H20N2O3S. The van der Waals surface area contributed by atoms with Gasteiger partial charge in [-0.3, -0.25) is 0 Å². The largest absolute Gasteiger partial charge is 0.492 e. The van der Waals surface area contributed by atoms with Crippen molar-refractivity contribution in [3.63, 3.8) is 0 Å². The maximum Gasteiger partial charge on any atom is 0.315 e. The highest BCUT2D eigenvalue weighted by molar-refractivity contribution is 7.07. The molecule has 2 aromatic rings. The first-order valence-corrected chi connectivity index (χ1v) is 7.98. The lowest BCUT2D eigenvalue weighted by Crippen LogP contribution is -2.39. The summed E-state index contributed by atoms with van der Waals surface area (Å²) in [6.45, 7) is 1.30. The summed E-state index contributed by atoms with van der Waals surface area (Å²) in [6.07, 6.45) is -0.127. The van der Waals surface area contributed by atoms with Crippen LogP contribution >= 0.6 is 11.3 Å². The molecule has 0 aliphatic rings. The van der Waals surface area contributed by atoms with Crippen LogP contribution in [0.15, 0.2) is 47.2 Å². The number of methoxy groups -OCH3 is 1. The molecule has 0 saturated carbocycles. The fourth-order valence-corrected chi connectivity index (χ4v) is 2.60. The number of nitrogens with one attached hydrogen (secondary N) is 2. The van der Waals surface area contributed by atoms with E-state index in [-0.39, 0.29) is 12.1 Å². The molecule has 1 aromatic heterocycles. The van der Waals surface area contributed by atoms with Crippen molar-refractivity contribution in [1.29, 1.82) is 0 Å². The average molecular weight is 320 g/mol. The summed E-state index contributed by atoms with van der Waals surface area (Å²) in [5.74, 6) is 0.793. The Hall–Kier alpha value is -2.05. The van der Waals surface area contributed by atoms with Crippen molar-refractivity contribution < 1.29 is 14.3 Å². The van der Waals surface area contributed by atoms with E-state index >= 15 is 0 Å². The van der Waals surface area contributed by atoms with Crippen molar-refractivity contribution in [2.75, 3.05) is 26.8 Å². The molecule has 0 aliphatic carbocycles. The van der Waals surface area contributed by atoms with Gasteiger partial charge in [-0.05, 0) is 34.5 Å². The molecule has 1 aromatic carbocycles. The third-order valence-corrected chi connectivity index (χ3v) is 3.75. The molecule has 1 unspecified atom stereocenters. The molecular weight excluding hydrogens is 300 g/mol. The summed E-state index contributed by atoms with van der Waals surface area (Å²) in [4.78, 5) is 11.7. The van der Waals surface area contributed by atoms with Crippen molar-refractivity contribution >= 4 is 17.4 Å². The molecule has 2 N–H and O–H groups in total. The lowest BCUT2D eigenvalue weighted by molar-refractivity contribution is 0.104. The van der Waals surface area contributed by atoms with Crippen molar-refractivity contribution in [2.45, 2.75) is 6.10 Å². The number of carbonyl (C=O) groups excluding carboxylic acids is 1. The number of para-hydroxylation sites is 1. The molecule has 0 aliphatic heterocycles. The van der Waals surface area contributed by atoms with Crippen molar-refractivity contribution in [2.24, 2.45) is 0 Å². The van der Waals surface area contributed by atoms with Gasteiger partial charge in [0.25, 0.3) is 0 Å². The second-order valence-corrected chi connectivity index (χ2v) is 5.36. The molecule has 2 rings (SSSR count). The third-order valence-electron chi connectivity index (χ3n) is 3.05. The van der Waals surface area contributed by atoms with Crippen LogP contribution in [0.1, 0.15) is 11.7 Å². The molecule has 1 atom stereocenters. The van der Waals surface area contributed by atoms with Gasteiger partial charge in [0, 0.05) is 13.7 Å². The summed E-state index contributed by atoms with van der Waals surface area (Å²) in [7, 11) is 1.63. The normalized spacial score (nSPS) is 11.7. The Bertz CT molecular complexity index is 546. The Morgan fingerprint density at radius 3 is 2.73 bits per heavy atom. The number of hydrogen-bond donors (Lipinski definition) is 2. The minimum Gasteiger partial charge on any atom is -0.492 e. The monoisotopic (exact) mass is 320 g/mol. The van der Waals surface area contributed by atoms with Gasteiger partial charge < -0.3 is 20.1 Å². The van der Waals surface area contributed by atoms with E-state index in [0.717, 1.165) is 11.3 Å². The van der Waals surface area contributed by atoms with Crippen LogP contribution in [0.5, 0.6) is 5.75 Å². The van der Waals surface area contributed by atoms with E-state index in [1.165, 1.54) is 0 Å². The zero-order valence-corrected chi connectivity index (χ0v) is 13.3. The van der Waals surface area contributed by atoms with E-state index in [0.29, 0.717) is 19.7 Å². The van der Waals surface area contributed by atoms with Gasteiger partial charge in [-0.15, -0.1) is 0 Å². The van der Waals surface area contributed by atoms with Gasteiger partial charge in [0.05, 0.1) is 6.54 Å².